The second-order valence-electron chi connectivity index (χ2n) is 8.38. The molecule has 0 bridgehead atoms. The van der Waals surface area contributed by atoms with Crippen LogP contribution in [-0.2, 0) is 10.2 Å². The van der Waals surface area contributed by atoms with Gasteiger partial charge in [0.25, 0.3) is 11.8 Å². The first-order chi connectivity index (χ1) is 15.3. The normalized spacial score (nSPS) is 11.0. The van der Waals surface area contributed by atoms with Crippen LogP contribution in [0.5, 0.6) is 5.75 Å². The van der Waals surface area contributed by atoms with Crippen LogP contribution < -0.4 is 15.0 Å². The third-order valence-electron chi connectivity index (χ3n) is 5.73. The van der Waals surface area contributed by atoms with Gasteiger partial charge in [-0.1, -0.05) is 57.2 Å². The Kier molecular flexibility index (Phi) is 7.31. The third-order valence-corrected chi connectivity index (χ3v) is 5.73. The van der Waals surface area contributed by atoms with Crippen LogP contribution in [0.15, 0.2) is 78.9 Å². The summed E-state index contributed by atoms with van der Waals surface area (Å²) in [6.07, 6.45) is 1.04. The summed E-state index contributed by atoms with van der Waals surface area (Å²) in [6, 6.07) is 24.2. The van der Waals surface area contributed by atoms with Crippen molar-refractivity contribution in [3.63, 3.8) is 0 Å². The van der Waals surface area contributed by atoms with Crippen molar-refractivity contribution in [1.82, 2.24) is 0 Å². The molecule has 0 atom stereocenters. The van der Waals surface area contributed by atoms with Gasteiger partial charge in [0.15, 0.2) is 6.61 Å². The summed E-state index contributed by atoms with van der Waals surface area (Å²) in [5, 5.41) is 2.80. The molecule has 0 aliphatic heterocycles. The van der Waals surface area contributed by atoms with Crippen molar-refractivity contribution < 1.29 is 14.3 Å². The largest absolute Gasteiger partial charge is 0.484 e. The zero-order valence-electron chi connectivity index (χ0n) is 19.1. The SMILES string of the molecule is CCC(C)(C)c1ccc(OCC(=O)Nc2cccc(C(=O)N(C)c3ccccc3)c2)cc1. The lowest BCUT2D eigenvalue weighted by molar-refractivity contribution is -0.118. The van der Waals surface area contributed by atoms with Crippen molar-refractivity contribution >= 4 is 23.2 Å². The van der Waals surface area contributed by atoms with Gasteiger partial charge in [-0.25, -0.2) is 0 Å². The Labute approximate surface area is 190 Å². The van der Waals surface area contributed by atoms with E-state index in [1.165, 1.54) is 5.56 Å². The average molecular weight is 431 g/mol. The number of hydrogen-bond donors (Lipinski definition) is 1. The third kappa shape index (κ3) is 5.76. The molecule has 0 spiro atoms. The Balaban J connectivity index is 1.58. The van der Waals surface area contributed by atoms with Gasteiger partial charge < -0.3 is 15.0 Å². The topological polar surface area (TPSA) is 58.6 Å². The van der Waals surface area contributed by atoms with Gasteiger partial charge in [0.1, 0.15) is 5.75 Å². The molecule has 2 amide bonds. The van der Waals surface area contributed by atoms with Gasteiger partial charge in [-0.3, -0.25) is 9.59 Å². The zero-order chi connectivity index (χ0) is 23.1. The Hall–Kier alpha value is -3.60. The first-order valence-corrected chi connectivity index (χ1v) is 10.8. The summed E-state index contributed by atoms with van der Waals surface area (Å²) in [5.74, 6) is 0.201. The predicted molar refractivity (Wildman–Crippen MR) is 130 cm³/mol. The van der Waals surface area contributed by atoms with Crippen molar-refractivity contribution in [1.29, 1.82) is 0 Å². The van der Waals surface area contributed by atoms with Gasteiger partial charge in [-0.05, 0) is 59.9 Å². The van der Waals surface area contributed by atoms with Gasteiger partial charge in [0.2, 0.25) is 0 Å². The van der Waals surface area contributed by atoms with E-state index < -0.39 is 0 Å². The molecule has 0 saturated heterocycles. The molecule has 0 aliphatic carbocycles. The number of carbonyl (C=O) groups excluding carboxylic acids is 2. The summed E-state index contributed by atoms with van der Waals surface area (Å²) in [7, 11) is 1.73. The summed E-state index contributed by atoms with van der Waals surface area (Å²) >= 11 is 0. The Morgan fingerprint density at radius 3 is 2.28 bits per heavy atom. The first kappa shape index (κ1) is 23.1. The van der Waals surface area contributed by atoms with Crippen LogP contribution in [0.25, 0.3) is 0 Å². The standard InChI is InChI=1S/C27H30N2O3/c1-5-27(2,3)21-14-16-24(17-15-21)32-19-25(30)28-22-11-9-10-20(18-22)26(31)29(4)23-12-7-6-8-13-23/h6-18H,5,19H2,1-4H3,(H,28,30). The van der Waals surface area contributed by atoms with E-state index in [-0.39, 0.29) is 23.8 Å². The lowest BCUT2D eigenvalue weighted by Gasteiger charge is -2.23. The van der Waals surface area contributed by atoms with E-state index in [0.29, 0.717) is 17.0 Å². The predicted octanol–water partition coefficient (Wildman–Crippen LogP) is 5.67. The highest BCUT2D eigenvalue weighted by molar-refractivity contribution is 6.06. The number of nitrogens with zero attached hydrogens (tertiary/aromatic N) is 1. The summed E-state index contributed by atoms with van der Waals surface area (Å²) in [5.41, 5.74) is 3.18. The van der Waals surface area contributed by atoms with E-state index in [1.54, 1.807) is 36.2 Å². The quantitative estimate of drug-likeness (QED) is 0.501. The maximum atomic E-state index is 12.8. The number of carbonyl (C=O) groups is 2. The van der Waals surface area contributed by atoms with Crippen molar-refractivity contribution in [2.24, 2.45) is 0 Å². The molecule has 0 aliphatic rings. The molecule has 5 heteroatoms. The van der Waals surface area contributed by atoms with Crippen LogP contribution in [-0.4, -0.2) is 25.5 Å². The number of ether oxygens (including phenoxy) is 1. The highest BCUT2D eigenvalue weighted by Crippen LogP contribution is 2.28. The van der Waals surface area contributed by atoms with Crippen molar-refractivity contribution in [2.75, 3.05) is 23.9 Å². The minimum Gasteiger partial charge on any atom is -0.484 e. The lowest BCUT2D eigenvalue weighted by Crippen LogP contribution is -2.26. The molecule has 3 rings (SSSR count). The molecule has 5 nitrogen and oxygen atoms in total. The molecule has 1 N–H and O–H groups in total. The molecule has 166 valence electrons. The molecule has 0 fully saturated rings. The molecule has 0 radical (unpaired) electrons. The Morgan fingerprint density at radius 1 is 0.938 bits per heavy atom. The molecule has 0 unspecified atom stereocenters. The minimum absolute atomic E-state index is 0.104. The Morgan fingerprint density at radius 2 is 1.62 bits per heavy atom. The van der Waals surface area contributed by atoms with Gasteiger partial charge >= 0.3 is 0 Å². The second kappa shape index (κ2) is 10.1. The lowest BCUT2D eigenvalue weighted by atomic mass is 9.82. The van der Waals surface area contributed by atoms with Crippen LogP contribution in [0.2, 0.25) is 0 Å². The fraction of sp³-hybridized carbons (Fsp3) is 0.259. The fourth-order valence-electron chi connectivity index (χ4n) is 3.24. The fourth-order valence-corrected chi connectivity index (χ4v) is 3.24. The maximum Gasteiger partial charge on any atom is 0.262 e. The number of amides is 2. The van der Waals surface area contributed by atoms with E-state index in [1.807, 2.05) is 54.6 Å². The number of rotatable bonds is 8. The molecular weight excluding hydrogens is 400 g/mol. The van der Waals surface area contributed by atoms with Gasteiger partial charge in [0, 0.05) is 24.0 Å². The molecular formula is C27H30N2O3. The monoisotopic (exact) mass is 430 g/mol. The molecule has 0 aromatic heterocycles. The van der Waals surface area contributed by atoms with Crippen molar-refractivity contribution in [3.05, 3.63) is 90.0 Å². The number of hydrogen-bond acceptors (Lipinski definition) is 3. The number of benzene rings is 3. The second-order valence-corrected chi connectivity index (χ2v) is 8.38. The van der Waals surface area contributed by atoms with Crippen molar-refractivity contribution in [3.8, 4) is 5.75 Å². The van der Waals surface area contributed by atoms with Gasteiger partial charge in [-0.15, -0.1) is 0 Å². The van der Waals surface area contributed by atoms with Crippen LogP contribution in [0.1, 0.15) is 43.1 Å². The van der Waals surface area contributed by atoms with Gasteiger partial charge in [0.05, 0.1) is 0 Å². The summed E-state index contributed by atoms with van der Waals surface area (Å²) < 4.78 is 5.63. The van der Waals surface area contributed by atoms with Gasteiger partial charge in [-0.2, -0.15) is 0 Å². The molecule has 0 heterocycles. The van der Waals surface area contributed by atoms with Crippen LogP contribution in [0.3, 0.4) is 0 Å². The summed E-state index contributed by atoms with van der Waals surface area (Å²) in [6.45, 7) is 6.45. The Bertz CT molecular complexity index is 1060. The van der Waals surface area contributed by atoms with E-state index in [2.05, 4.69) is 26.1 Å². The maximum absolute atomic E-state index is 12.8. The molecule has 3 aromatic rings. The van der Waals surface area contributed by atoms with E-state index in [4.69, 9.17) is 4.74 Å². The minimum atomic E-state index is -0.288. The van der Waals surface area contributed by atoms with E-state index >= 15 is 0 Å². The van der Waals surface area contributed by atoms with Crippen LogP contribution in [0, 0.1) is 0 Å². The molecule has 3 aromatic carbocycles. The number of anilines is 2. The van der Waals surface area contributed by atoms with E-state index in [0.717, 1.165) is 12.1 Å². The van der Waals surface area contributed by atoms with Crippen LogP contribution in [0.4, 0.5) is 11.4 Å². The molecule has 32 heavy (non-hydrogen) atoms. The smallest absolute Gasteiger partial charge is 0.262 e. The highest BCUT2D eigenvalue weighted by Gasteiger charge is 2.18. The average Bonchev–Trinajstić information content (AvgIpc) is 2.82. The van der Waals surface area contributed by atoms with Crippen molar-refractivity contribution in [2.45, 2.75) is 32.6 Å². The van der Waals surface area contributed by atoms with Crippen LogP contribution >= 0.6 is 0 Å². The number of nitrogens with one attached hydrogen (secondary N) is 1. The zero-order valence-corrected chi connectivity index (χ0v) is 19.1. The van der Waals surface area contributed by atoms with E-state index in [9.17, 15) is 9.59 Å². The first-order valence-electron chi connectivity index (χ1n) is 10.8. The number of para-hydroxylation sites is 1. The summed E-state index contributed by atoms with van der Waals surface area (Å²) in [4.78, 5) is 26.7. The highest BCUT2D eigenvalue weighted by atomic mass is 16.5. The molecule has 0 saturated carbocycles.